The van der Waals surface area contributed by atoms with E-state index in [1.165, 1.54) is 62.5 Å². The highest BCUT2D eigenvalue weighted by molar-refractivity contribution is 5.75. The van der Waals surface area contributed by atoms with Crippen LogP contribution in [0.2, 0.25) is 0 Å². The first-order valence-corrected chi connectivity index (χ1v) is 10.7. The second-order valence-corrected chi connectivity index (χ2v) is 7.44. The summed E-state index contributed by atoms with van der Waals surface area (Å²) in [6, 6.07) is 14.4. The fourth-order valence-electron chi connectivity index (χ4n) is 3.83. The van der Waals surface area contributed by atoms with Crippen molar-refractivity contribution in [2.75, 3.05) is 0 Å². The second-order valence-electron chi connectivity index (χ2n) is 7.44. The van der Waals surface area contributed by atoms with E-state index in [1.54, 1.807) is 0 Å². The molecule has 0 saturated heterocycles. The van der Waals surface area contributed by atoms with Crippen molar-refractivity contribution in [3.63, 3.8) is 0 Å². The number of benzene rings is 2. The standard InChI is InChI=1S/C25H36O/c1-3-5-6-7-8-9-10-14-18-23-21(15-4-2)19-20-24(26)25(23)22-16-12-11-13-17-22/h11-13,16-17,19-20,26H,3-10,14-15,18H2,1-2H3. The first-order valence-electron chi connectivity index (χ1n) is 10.7. The molecule has 0 bridgehead atoms. The van der Waals surface area contributed by atoms with Crippen molar-refractivity contribution in [3.05, 3.63) is 53.6 Å². The minimum absolute atomic E-state index is 0.422. The van der Waals surface area contributed by atoms with Gasteiger partial charge in [0.2, 0.25) is 0 Å². The maximum absolute atomic E-state index is 10.6. The van der Waals surface area contributed by atoms with Crippen molar-refractivity contribution < 1.29 is 5.11 Å². The van der Waals surface area contributed by atoms with Gasteiger partial charge in [-0.3, -0.25) is 0 Å². The zero-order chi connectivity index (χ0) is 18.6. The molecule has 0 aliphatic heterocycles. The summed E-state index contributed by atoms with van der Waals surface area (Å²) in [6.45, 7) is 4.50. The van der Waals surface area contributed by atoms with E-state index in [-0.39, 0.29) is 0 Å². The van der Waals surface area contributed by atoms with Gasteiger partial charge in [-0.2, -0.15) is 0 Å². The van der Waals surface area contributed by atoms with Crippen molar-refractivity contribution in [2.45, 2.75) is 84.5 Å². The summed E-state index contributed by atoms with van der Waals surface area (Å²) < 4.78 is 0. The SMILES string of the molecule is CCCCCCCCCCc1c(CCC)ccc(O)c1-c1ccccc1. The van der Waals surface area contributed by atoms with E-state index in [4.69, 9.17) is 0 Å². The third-order valence-electron chi connectivity index (χ3n) is 5.25. The predicted molar refractivity (Wildman–Crippen MR) is 114 cm³/mol. The van der Waals surface area contributed by atoms with Crippen LogP contribution in [-0.4, -0.2) is 5.11 Å². The Morgan fingerprint density at radius 2 is 1.31 bits per heavy atom. The molecular formula is C25H36O. The molecule has 0 aliphatic rings. The highest BCUT2D eigenvalue weighted by Gasteiger charge is 2.14. The van der Waals surface area contributed by atoms with Crippen LogP contribution in [-0.2, 0) is 12.8 Å². The molecule has 142 valence electrons. The fraction of sp³-hybridized carbons (Fsp3) is 0.520. The topological polar surface area (TPSA) is 20.2 Å². The van der Waals surface area contributed by atoms with Gasteiger partial charge < -0.3 is 5.11 Å². The Balaban J connectivity index is 2.04. The molecule has 1 heteroatoms. The van der Waals surface area contributed by atoms with Gasteiger partial charge in [0.1, 0.15) is 5.75 Å². The summed E-state index contributed by atoms with van der Waals surface area (Å²) in [4.78, 5) is 0. The number of unbranched alkanes of at least 4 members (excludes halogenated alkanes) is 7. The van der Waals surface area contributed by atoms with Crippen LogP contribution in [0.4, 0.5) is 0 Å². The number of aromatic hydroxyl groups is 1. The lowest BCUT2D eigenvalue weighted by atomic mass is 9.89. The highest BCUT2D eigenvalue weighted by atomic mass is 16.3. The molecule has 0 saturated carbocycles. The van der Waals surface area contributed by atoms with E-state index in [1.807, 2.05) is 12.1 Å². The number of phenols is 1. The summed E-state index contributed by atoms with van der Waals surface area (Å²) in [5.41, 5.74) is 4.97. The van der Waals surface area contributed by atoms with E-state index in [9.17, 15) is 5.11 Å². The number of hydrogen-bond donors (Lipinski definition) is 1. The molecule has 0 aromatic heterocycles. The molecule has 0 radical (unpaired) electrons. The average Bonchev–Trinajstić information content (AvgIpc) is 2.66. The average molecular weight is 353 g/mol. The third kappa shape index (κ3) is 6.20. The molecule has 2 aromatic rings. The van der Waals surface area contributed by atoms with Crippen LogP contribution in [0.5, 0.6) is 5.75 Å². The molecule has 0 fully saturated rings. The highest BCUT2D eigenvalue weighted by Crippen LogP contribution is 2.36. The zero-order valence-electron chi connectivity index (χ0n) is 16.8. The summed E-state index contributed by atoms with van der Waals surface area (Å²) in [7, 11) is 0. The molecule has 2 rings (SSSR count). The van der Waals surface area contributed by atoms with Gasteiger partial charge in [0.05, 0.1) is 0 Å². The number of phenolic OH excluding ortho intramolecular Hbond substituents is 1. The van der Waals surface area contributed by atoms with Crippen molar-refractivity contribution in [3.8, 4) is 16.9 Å². The Labute approximate surface area is 160 Å². The molecular weight excluding hydrogens is 316 g/mol. The van der Waals surface area contributed by atoms with Gasteiger partial charge in [0, 0.05) is 5.56 Å². The van der Waals surface area contributed by atoms with E-state index < -0.39 is 0 Å². The Kier molecular flexibility index (Phi) is 9.31. The summed E-state index contributed by atoms with van der Waals surface area (Å²) in [5.74, 6) is 0.422. The van der Waals surface area contributed by atoms with Crippen LogP contribution in [0.3, 0.4) is 0 Å². The molecule has 2 aromatic carbocycles. The molecule has 0 heterocycles. The Bertz CT molecular complexity index is 630. The van der Waals surface area contributed by atoms with E-state index in [0.717, 1.165) is 30.4 Å². The van der Waals surface area contributed by atoms with Crippen molar-refractivity contribution in [2.24, 2.45) is 0 Å². The Hall–Kier alpha value is -1.76. The molecule has 1 N–H and O–H groups in total. The summed E-state index contributed by atoms with van der Waals surface area (Å²) >= 11 is 0. The number of rotatable bonds is 12. The molecule has 0 unspecified atom stereocenters. The minimum atomic E-state index is 0.422. The molecule has 0 amide bonds. The number of aryl methyl sites for hydroxylation is 1. The van der Waals surface area contributed by atoms with Crippen LogP contribution >= 0.6 is 0 Å². The predicted octanol–water partition coefficient (Wildman–Crippen LogP) is 7.69. The lowest BCUT2D eigenvalue weighted by Gasteiger charge is -2.17. The van der Waals surface area contributed by atoms with Gasteiger partial charge in [0.25, 0.3) is 0 Å². The Morgan fingerprint density at radius 1 is 0.654 bits per heavy atom. The summed E-state index contributed by atoms with van der Waals surface area (Å²) in [6.07, 6.45) is 14.0. The lowest BCUT2D eigenvalue weighted by Crippen LogP contribution is -1.99. The van der Waals surface area contributed by atoms with Gasteiger partial charge in [0.15, 0.2) is 0 Å². The van der Waals surface area contributed by atoms with Gasteiger partial charge in [-0.1, -0.05) is 102 Å². The second kappa shape index (κ2) is 11.8. The van der Waals surface area contributed by atoms with Crippen molar-refractivity contribution in [1.82, 2.24) is 0 Å². The van der Waals surface area contributed by atoms with Crippen LogP contribution in [0.1, 0.15) is 82.8 Å². The van der Waals surface area contributed by atoms with Gasteiger partial charge >= 0.3 is 0 Å². The summed E-state index contributed by atoms with van der Waals surface area (Å²) in [5, 5.41) is 10.6. The van der Waals surface area contributed by atoms with Gasteiger partial charge in [-0.05, 0) is 42.0 Å². The fourth-order valence-corrected chi connectivity index (χ4v) is 3.83. The van der Waals surface area contributed by atoms with E-state index in [0.29, 0.717) is 5.75 Å². The van der Waals surface area contributed by atoms with Crippen molar-refractivity contribution >= 4 is 0 Å². The Morgan fingerprint density at radius 3 is 1.96 bits per heavy atom. The first kappa shape index (κ1) is 20.6. The normalized spacial score (nSPS) is 11.0. The smallest absolute Gasteiger partial charge is 0.123 e. The van der Waals surface area contributed by atoms with Crippen LogP contribution < -0.4 is 0 Å². The molecule has 1 nitrogen and oxygen atoms in total. The first-order chi connectivity index (χ1) is 12.8. The van der Waals surface area contributed by atoms with Gasteiger partial charge in [-0.15, -0.1) is 0 Å². The zero-order valence-corrected chi connectivity index (χ0v) is 16.8. The van der Waals surface area contributed by atoms with Crippen molar-refractivity contribution in [1.29, 1.82) is 0 Å². The van der Waals surface area contributed by atoms with E-state index >= 15 is 0 Å². The quantitative estimate of drug-likeness (QED) is 0.388. The van der Waals surface area contributed by atoms with Crippen LogP contribution in [0.15, 0.2) is 42.5 Å². The molecule has 0 aliphatic carbocycles. The van der Waals surface area contributed by atoms with Crippen LogP contribution in [0, 0.1) is 0 Å². The molecule has 0 spiro atoms. The minimum Gasteiger partial charge on any atom is -0.507 e. The number of hydrogen-bond acceptors (Lipinski definition) is 1. The maximum Gasteiger partial charge on any atom is 0.123 e. The molecule has 0 atom stereocenters. The third-order valence-corrected chi connectivity index (χ3v) is 5.25. The molecule has 26 heavy (non-hydrogen) atoms. The largest absolute Gasteiger partial charge is 0.507 e. The van der Waals surface area contributed by atoms with E-state index in [2.05, 4.69) is 44.2 Å². The monoisotopic (exact) mass is 352 g/mol. The van der Waals surface area contributed by atoms with Gasteiger partial charge in [-0.25, -0.2) is 0 Å². The lowest BCUT2D eigenvalue weighted by molar-refractivity contribution is 0.476. The maximum atomic E-state index is 10.6. The van der Waals surface area contributed by atoms with Crippen LogP contribution in [0.25, 0.3) is 11.1 Å².